The molecular formula is C22H27NO4. The molecule has 0 bridgehead atoms. The van der Waals surface area contributed by atoms with Crippen LogP contribution in [-0.2, 0) is 4.79 Å². The highest BCUT2D eigenvalue weighted by atomic mass is 16.5. The lowest BCUT2D eigenvalue weighted by molar-refractivity contribution is -0.111. The monoisotopic (exact) mass is 369 g/mol. The molecule has 0 spiro atoms. The summed E-state index contributed by atoms with van der Waals surface area (Å²) in [5, 5.41) is 2.83. The Labute approximate surface area is 161 Å². The first-order valence-electron chi connectivity index (χ1n) is 9.10. The molecule has 0 aliphatic heterocycles. The molecule has 144 valence electrons. The van der Waals surface area contributed by atoms with Crippen LogP contribution < -0.4 is 19.5 Å². The van der Waals surface area contributed by atoms with Crippen molar-refractivity contribution in [3.8, 4) is 17.2 Å². The molecule has 0 saturated carbocycles. The van der Waals surface area contributed by atoms with Gasteiger partial charge < -0.3 is 19.5 Å². The fraction of sp³-hybridized carbons (Fsp3) is 0.318. The van der Waals surface area contributed by atoms with Crippen molar-refractivity contribution in [2.24, 2.45) is 0 Å². The number of methoxy groups -OCH3 is 2. The largest absolute Gasteiger partial charge is 0.497 e. The number of carbonyl (C=O) groups is 1. The molecule has 0 fully saturated rings. The Kier molecular flexibility index (Phi) is 8.23. The van der Waals surface area contributed by atoms with Gasteiger partial charge in [0.1, 0.15) is 17.2 Å². The Morgan fingerprint density at radius 2 is 1.74 bits per heavy atom. The number of carbonyl (C=O) groups excluding carboxylic acids is 1. The van der Waals surface area contributed by atoms with Crippen LogP contribution in [0.25, 0.3) is 6.08 Å². The van der Waals surface area contributed by atoms with Crippen molar-refractivity contribution in [3.63, 3.8) is 0 Å². The third-order valence-corrected chi connectivity index (χ3v) is 3.99. The third kappa shape index (κ3) is 6.70. The number of unbranched alkanes of at least 4 members (excludes halogenated alkanes) is 2. The van der Waals surface area contributed by atoms with E-state index < -0.39 is 0 Å². The summed E-state index contributed by atoms with van der Waals surface area (Å²) in [4.78, 5) is 12.1. The van der Waals surface area contributed by atoms with Gasteiger partial charge in [0.2, 0.25) is 5.91 Å². The maximum Gasteiger partial charge on any atom is 0.248 e. The molecule has 0 aromatic heterocycles. The molecule has 0 aliphatic rings. The predicted molar refractivity (Wildman–Crippen MR) is 109 cm³/mol. The number of hydrogen-bond acceptors (Lipinski definition) is 4. The minimum atomic E-state index is -0.218. The molecule has 1 N–H and O–H groups in total. The van der Waals surface area contributed by atoms with Crippen LogP contribution in [0.4, 0.5) is 5.69 Å². The van der Waals surface area contributed by atoms with E-state index in [1.165, 1.54) is 18.9 Å². The van der Waals surface area contributed by atoms with Gasteiger partial charge in [0, 0.05) is 23.4 Å². The van der Waals surface area contributed by atoms with Gasteiger partial charge in [0.15, 0.2) is 0 Å². The van der Waals surface area contributed by atoms with Gasteiger partial charge in [-0.15, -0.1) is 0 Å². The van der Waals surface area contributed by atoms with E-state index in [0.717, 1.165) is 17.7 Å². The van der Waals surface area contributed by atoms with Crippen LogP contribution in [0.5, 0.6) is 17.2 Å². The SMILES string of the molecule is CCCCCOc1ccc(NC(=O)/C=C/c2ccc(OC)cc2OC)cc1. The molecular weight excluding hydrogens is 342 g/mol. The standard InChI is InChI=1S/C22H27NO4/c1-4-5-6-15-27-19-12-9-18(10-13-19)23-22(24)14-8-17-7-11-20(25-2)16-21(17)26-3/h7-14,16H,4-6,15H2,1-3H3,(H,23,24)/b14-8+. The first-order chi connectivity index (χ1) is 13.2. The molecule has 0 saturated heterocycles. The summed E-state index contributed by atoms with van der Waals surface area (Å²) in [6.45, 7) is 2.88. The van der Waals surface area contributed by atoms with E-state index in [1.807, 2.05) is 36.4 Å². The lowest BCUT2D eigenvalue weighted by Crippen LogP contribution is -2.07. The second-order valence-corrected chi connectivity index (χ2v) is 6.01. The number of rotatable bonds is 10. The number of amides is 1. The summed E-state index contributed by atoms with van der Waals surface area (Å²) in [7, 11) is 3.18. The molecule has 0 atom stereocenters. The van der Waals surface area contributed by atoms with E-state index in [4.69, 9.17) is 14.2 Å². The Bertz CT molecular complexity index is 753. The number of ether oxygens (including phenoxy) is 3. The Hall–Kier alpha value is -2.95. The zero-order valence-electron chi connectivity index (χ0n) is 16.2. The van der Waals surface area contributed by atoms with Crippen molar-refractivity contribution in [3.05, 3.63) is 54.1 Å². The average molecular weight is 369 g/mol. The molecule has 0 unspecified atom stereocenters. The minimum absolute atomic E-state index is 0.218. The third-order valence-electron chi connectivity index (χ3n) is 3.99. The molecule has 27 heavy (non-hydrogen) atoms. The van der Waals surface area contributed by atoms with Crippen molar-refractivity contribution >= 4 is 17.7 Å². The second-order valence-electron chi connectivity index (χ2n) is 6.01. The van der Waals surface area contributed by atoms with Crippen molar-refractivity contribution in [1.29, 1.82) is 0 Å². The van der Waals surface area contributed by atoms with Gasteiger partial charge in [-0.2, -0.15) is 0 Å². The first-order valence-corrected chi connectivity index (χ1v) is 9.10. The maximum absolute atomic E-state index is 12.1. The fourth-order valence-electron chi connectivity index (χ4n) is 2.48. The van der Waals surface area contributed by atoms with Crippen molar-refractivity contribution in [1.82, 2.24) is 0 Å². The van der Waals surface area contributed by atoms with Gasteiger partial charge >= 0.3 is 0 Å². The highest BCUT2D eigenvalue weighted by Gasteiger charge is 2.04. The van der Waals surface area contributed by atoms with Crippen molar-refractivity contribution < 1.29 is 19.0 Å². The average Bonchev–Trinajstić information content (AvgIpc) is 2.70. The van der Waals surface area contributed by atoms with Gasteiger partial charge in [-0.1, -0.05) is 19.8 Å². The van der Waals surface area contributed by atoms with E-state index in [-0.39, 0.29) is 5.91 Å². The molecule has 1 amide bonds. The highest BCUT2D eigenvalue weighted by molar-refractivity contribution is 6.02. The van der Waals surface area contributed by atoms with Crippen LogP contribution in [0.3, 0.4) is 0 Å². The zero-order chi connectivity index (χ0) is 19.5. The number of anilines is 1. The molecule has 2 rings (SSSR count). The van der Waals surface area contributed by atoms with Crippen LogP contribution in [0.15, 0.2) is 48.5 Å². The summed E-state index contributed by atoms with van der Waals surface area (Å²) in [5.41, 5.74) is 1.51. The highest BCUT2D eigenvalue weighted by Crippen LogP contribution is 2.25. The van der Waals surface area contributed by atoms with Crippen LogP contribution in [0, 0.1) is 0 Å². The van der Waals surface area contributed by atoms with E-state index >= 15 is 0 Å². The van der Waals surface area contributed by atoms with Crippen LogP contribution in [-0.4, -0.2) is 26.7 Å². The van der Waals surface area contributed by atoms with E-state index in [0.29, 0.717) is 23.8 Å². The Morgan fingerprint density at radius 3 is 2.41 bits per heavy atom. The Morgan fingerprint density at radius 1 is 1.00 bits per heavy atom. The minimum Gasteiger partial charge on any atom is -0.497 e. The molecule has 5 nitrogen and oxygen atoms in total. The molecule has 2 aromatic carbocycles. The summed E-state index contributed by atoms with van der Waals surface area (Å²) in [5.74, 6) is 1.93. The molecule has 2 aromatic rings. The zero-order valence-corrected chi connectivity index (χ0v) is 16.2. The molecule has 0 radical (unpaired) electrons. The van der Waals surface area contributed by atoms with Gasteiger partial charge in [0.05, 0.1) is 20.8 Å². The molecule has 0 aliphatic carbocycles. The maximum atomic E-state index is 12.1. The quantitative estimate of drug-likeness (QED) is 0.477. The van der Waals surface area contributed by atoms with Gasteiger partial charge in [-0.05, 0) is 48.9 Å². The van der Waals surface area contributed by atoms with Gasteiger partial charge in [-0.25, -0.2) is 0 Å². The second kappa shape index (κ2) is 10.9. The summed E-state index contributed by atoms with van der Waals surface area (Å²) >= 11 is 0. The van der Waals surface area contributed by atoms with Crippen LogP contribution in [0.2, 0.25) is 0 Å². The van der Waals surface area contributed by atoms with Crippen LogP contribution >= 0.6 is 0 Å². The first kappa shape index (κ1) is 20.4. The molecule has 0 heterocycles. The molecule has 5 heteroatoms. The van der Waals surface area contributed by atoms with Crippen LogP contribution in [0.1, 0.15) is 31.7 Å². The Balaban J connectivity index is 1.90. The number of hydrogen-bond donors (Lipinski definition) is 1. The van der Waals surface area contributed by atoms with Crippen molar-refractivity contribution in [2.45, 2.75) is 26.2 Å². The van der Waals surface area contributed by atoms with Gasteiger partial charge in [-0.3, -0.25) is 4.79 Å². The fourth-order valence-corrected chi connectivity index (χ4v) is 2.48. The number of benzene rings is 2. The summed E-state index contributed by atoms with van der Waals surface area (Å²) in [6.07, 6.45) is 6.57. The van der Waals surface area contributed by atoms with Gasteiger partial charge in [0.25, 0.3) is 0 Å². The lowest BCUT2D eigenvalue weighted by atomic mass is 10.1. The van der Waals surface area contributed by atoms with E-state index in [2.05, 4.69) is 12.2 Å². The predicted octanol–water partition coefficient (Wildman–Crippen LogP) is 4.92. The normalized spacial score (nSPS) is 10.6. The van der Waals surface area contributed by atoms with Crippen molar-refractivity contribution in [2.75, 3.05) is 26.1 Å². The summed E-state index contributed by atoms with van der Waals surface area (Å²) in [6, 6.07) is 12.8. The smallest absolute Gasteiger partial charge is 0.248 e. The van der Waals surface area contributed by atoms with E-state index in [1.54, 1.807) is 26.4 Å². The topological polar surface area (TPSA) is 56.8 Å². The lowest BCUT2D eigenvalue weighted by Gasteiger charge is -2.08. The number of nitrogens with one attached hydrogen (secondary N) is 1. The summed E-state index contributed by atoms with van der Waals surface area (Å²) < 4.78 is 16.2. The van der Waals surface area contributed by atoms with E-state index in [9.17, 15) is 4.79 Å².